The number of pyridine rings is 4. The first-order chi connectivity index (χ1) is 44.3. The Morgan fingerprint density at radius 1 is 0.447 bits per heavy atom. The Balaban J connectivity index is 0.000000156. The fourth-order valence-electron chi connectivity index (χ4n) is 12.9. The number of carbonyl (C=O) groups excluding carboxylic acids is 3. The van der Waals surface area contributed by atoms with Crippen LogP contribution in [-0.2, 0) is 28.6 Å². The maximum Gasteiger partial charge on any atom is 1.00 e. The molecule has 4 aromatic carbocycles. The van der Waals surface area contributed by atoms with Crippen molar-refractivity contribution in [2.24, 2.45) is 11.5 Å². The van der Waals surface area contributed by atoms with E-state index >= 15 is 0 Å². The number of carbonyl (C=O) groups is 3. The minimum absolute atomic E-state index is 0. The molecule has 0 unspecified atom stereocenters. The van der Waals surface area contributed by atoms with Crippen molar-refractivity contribution in [1.29, 1.82) is 10.5 Å². The molecule has 8 aliphatic heterocycles. The molecule has 19 nitrogen and oxygen atoms in total. The molecular formula is C65H48F8K2N8O11. The quantitative estimate of drug-likeness (QED) is 0.0451. The van der Waals surface area contributed by atoms with Gasteiger partial charge in [-0.3, -0.25) is 24.9 Å². The number of rotatable bonds is 7. The predicted octanol–water partition coefficient (Wildman–Crippen LogP) is 6.25. The second-order valence-electron chi connectivity index (χ2n) is 21.8. The molecule has 12 heterocycles. The fraction of sp³-hybridized carbons (Fsp3) is 0.246. The summed E-state index contributed by atoms with van der Waals surface area (Å²) in [5.74, 6) is -6.59. The monoisotopic (exact) mass is 1350 g/mol. The standard InChI is InChI=1S/2C16H12F2N2O2.2C16H10F2N2O.CH2O3.2K.H2O2.H/c2*17-7-1-2-8(10(18)5-7)9-6-11(16(19)21)20-15-13-4-3-12(22-13)14(9)15;2*17-8-1-2-10(12(18)5-8)11-6-9(7-19)20-16-14-4-3-13(21-14)15(11)16;2-1-4-3;;;1-2;/h2*1-2,5-6,12-13H,3-4H2,(H2,19,21);2*1-2,5-6,13-14H,3-4H2;1,3H;;;1-2H;/q;;;;;2*+1;;-1/p-1/t2*12-,13+;2*13-,14+;;;;;/m1010...../s1. The molecule has 0 radical (unpaired) electrons. The van der Waals surface area contributed by atoms with Gasteiger partial charge in [0, 0.05) is 68.8 Å². The molecular weight excluding hydrogens is 1300 g/mol. The van der Waals surface area contributed by atoms with E-state index in [4.69, 9.17) is 61.5 Å². The number of fused-ring (bicyclic) bond motifs is 20. The Morgan fingerprint density at radius 3 is 0.904 bits per heavy atom. The molecule has 0 saturated carbocycles. The first kappa shape index (κ1) is 71.6. The Morgan fingerprint density at radius 2 is 0.681 bits per heavy atom. The van der Waals surface area contributed by atoms with Gasteiger partial charge in [0.05, 0.1) is 47.2 Å². The van der Waals surface area contributed by atoms with Crippen LogP contribution in [0, 0.1) is 69.2 Å². The summed E-state index contributed by atoms with van der Waals surface area (Å²) in [4.78, 5) is 51.4. The molecule has 0 aliphatic carbocycles. The summed E-state index contributed by atoms with van der Waals surface area (Å²) in [6, 6.07) is 23.7. The summed E-state index contributed by atoms with van der Waals surface area (Å²) in [7, 11) is 0. The van der Waals surface area contributed by atoms with Crippen LogP contribution in [0.3, 0.4) is 0 Å². The number of nitriles is 2. The Labute approximate surface area is 615 Å². The third-order valence-corrected chi connectivity index (χ3v) is 16.6. The summed E-state index contributed by atoms with van der Waals surface area (Å²) in [5, 5.41) is 38.7. The van der Waals surface area contributed by atoms with E-state index in [9.17, 15) is 44.7 Å². The van der Waals surface area contributed by atoms with Gasteiger partial charge in [-0.05, 0) is 146 Å². The van der Waals surface area contributed by atoms with E-state index in [0.717, 1.165) is 109 Å². The number of benzene rings is 4. The Kier molecular flexibility index (Phi) is 23.3. The van der Waals surface area contributed by atoms with Gasteiger partial charge in [-0.25, -0.2) is 55.1 Å². The van der Waals surface area contributed by atoms with Crippen LogP contribution < -0.4 is 119 Å². The molecule has 8 aromatic rings. The minimum Gasteiger partial charge on any atom is -1.00 e. The average molecular weight is 1350 g/mol. The molecule has 94 heavy (non-hydrogen) atoms. The van der Waals surface area contributed by atoms with Crippen LogP contribution in [0.5, 0.6) is 0 Å². The maximum atomic E-state index is 14.2. The molecule has 8 atom stereocenters. The molecule has 0 spiro atoms. The molecule has 2 amide bonds. The van der Waals surface area contributed by atoms with Crippen molar-refractivity contribution in [2.75, 3.05) is 0 Å². The molecule has 6 N–H and O–H groups in total. The summed E-state index contributed by atoms with van der Waals surface area (Å²) in [6.45, 7) is -0.181. The normalized spacial score (nSPS) is 20.4. The molecule has 472 valence electrons. The number of primary amides is 2. The second kappa shape index (κ2) is 30.6. The Bertz CT molecular complexity index is 4130. The van der Waals surface area contributed by atoms with E-state index in [0.29, 0.717) is 33.6 Å². The number of aromatic nitrogens is 4. The number of amides is 2. The zero-order chi connectivity index (χ0) is 65.4. The van der Waals surface area contributed by atoms with Gasteiger partial charge in [0.15, 0.2) is 0 Å². The zero-order valence-corrected chi connectivity index (χ0v) is 55.8. The molecule has 8 bridgehead atoms. The largest absolute Gasteiger partial charge is 1.00 e. The van der Waals surface area contributed by atoms with Gasteiger partial charge in [0.1, 0.15) is 106 Å². The maximum absolute atomic E-state index is 14.2. The van der Waals surface area contributed by atoms with Crippen LogP contribution in [-0.4, -0.2) is 48.7 Å². The van der Waals surface area contributed by atoms with Crippen molar-refractivity contribution in [3.63, 3.8) is 0 Å². The summed E-state index contributed by atoms with van der Waals surface area (Å²) in [5.41, 5.74) is 20.4. The Hall–Kier alpha value is -6.70. The van der Waals surface area contributed by atoms with Crippen LogP contribution in [0.2, 0.25) is 0 Å². The topological polar surface area (TPSA) is 312 Å². The second-order valence-corrected chi connectivity index (χ2v) is 21.8. The smallest absolute Gasteiger partial charge is 1.00 e. The van der Waals surface area contributed by atoms with Gasteiger partial charge >= 0.3 is 103 Å². The van der Waals surface area contributed by atoms with Crippen LogP contribution >= 0.6 is 0 Å². The van der Waals surface area contributed by atoms with Crippen LogP contribution in [0.4, 0.5) is 35.1 Å². The van der Waals surface area contributed by atoms with E-state index in [1.54, 1.807) is 12.1 Å². The molecule has 29 heteroatoms. The van der Waals surface area contributed by atoms with Crippen molar-refractivity contribution >= 4 is 18.3 Å². The SMILES string of the molecule is N#Cc1cc(-c2ccc(F)cc2F)c2c(n1)[C@@H]1CC[C@H]2O1.N#Cc1cc(-c2ccc(F)cc2F)c2c(n1)[C@H]1CC[C@@H]2O1.NC(=O)c1cc(-c2ccc(F)cc2F)c2c(n1)[C@@H]1CC[C@H]2O1.NC(=O)c1cc(-c2ccc(F)cc2F)c2c(n1)[C@H]1CC[C@@H]2O1.O=CO[O-].OO.[H-].[K+].[K+]. The van der Waals surface area contributed by atoms with Crippen LogP contribution in [0.1, 0.15) is 179 Å². The number of nitrogens with zero attached hydrogens (tertiary/aromatic N) is 6. The van der Waals surface area contributed by atoms with E-state index in [2.05, 4.69) is 24.8 Å². The average Bonchev–Trinajstić information content (AvgIpc) is 1.65. The van der Waals surface area contributed by atoms with Crippen molar-refractivity contribution in [3.8, 4) is 56.6 Å². The molecule has 4 fully saturated rings. The molecule has 4 saturated heterocycles. The fourth-order valence-corrected chi connectivity index (χ4v) is 12.9. The van der Waals surface area contributed by atoms with Crippen molar-refractivity contribution in [1.82, 2.24) is 19.9 Å². The number of halogens is 8. The molecule has 16 rings (SSSR count). The first-order valence-electron chi connectivity index (χ1n) is 28.3. The number of nitrogens with two attached hydrogens (primary N) is 2. The van der Waals surface area contributed by atoms with Crippen molar-refractivity contribution in [2.45, 2.75) is 100 Å². The van der Waals surface area contributed by atoms with Crippen molar-refractivity contribution in [3.05, 3.63) is 211 Å². The van der Waals surface area contributed by atoms with Gasteiger partial charge in [-0.15, -0.1) is 0 Å². The third-order valence-electron chi connectivity index (χ3n) is 16.6. The minimum atomic E-state index is -0.688. The van der Waals surface area contributed by atoms with Gasteiger partial charge in [0.25, 0.3) is 18.3 Å². The van der Waals surface area contributed by atoms with E-state index in [1.807, 2.05) is 12.1 Å². The van der Waals surface area contributed by atoms with Gasteiger partial charge in [-0.2, -0.15) is 10.5 Å². The van der Waals surface area contributed by atoms with E-state index in [1.165, 1.54) is 60.7 Å². The summed E-state index contributed by atoms with van der Waals surface area (Å²) >= 11 is 0. The number of hydrogen-bond acceptors (Lipinski definition) is 17. The first-order valence-corrected chi connectivity index (χ1v) is 28.3. The van der Waals surface area contributed by atoms with E-state index in [-0.39, 0.29) is 205 Å². The number of hydrogen-bond donors (Lipinski definition) is 4. The zero-order valence-electron chi connectivity index (χ0n) is 50.5. The molecule has 8 aliphatic rings. The van der Waals surface area contributed by atoms with Gasteiger partial charge in [-0.1, -0.05) is 0 Å². The van der Waals surface area contributed by atoms with Crippen LogP contribution in [0.25, 0.3) is 44.5 Å². The van der Waals surface area contributed by atoms with Crippen molar-refractivity contribution < 1.29 is 193 Å². The van der Waals surface area contributed by atoms with Crippen LogP contribution in [0.15, 0.2) is 97.1 Å². The summed E-state index contributed by atoms with van der Waals surface area (Å²) in [6.07, 6.45) is 5.63. The number of ether oxygens (including phenoxy) is 4. The molecule has 4 aromatic heterocycles. The van der Waals surface area contributed by atoms with Gasteiger partial charge < -0.3 is 42.0 Å². The summed E-state index contributed by atoms with van der Waals surface area (Å²) < 4.78 is 132. The van der Waals surface area contributed by atoms with Gasteiger partial charge in [0.2, 0.25) is 0 Å². The predicted molar refractivity (Wildman–Crippen MR) is 302 cm³/mol. The van der Waals surface area contributed by atoms with E-state index < -0.39 is 58.4 Å². The third kappa shape index (κ3) is 14.2.